The summed E-state index contributed by atoms with van der Waals surface area (Å²) >= 11 is 18.2. The van der Waals surface area contributed by atoms with E-state index < -0.39 is 4.46 Å². The maximum Gasteiger partial charge on any atom is 0.187 e. The van der Waals surface area contributed by atoms with Gasteiger partial charge >= 0.3 is 0 Å². The van der Waals surface area contributed by atoms with Gasteiger partial charge in [-0.15, -0.1) is 11.6 Å². The van der Waals surface area contributed by atoms with Crippen molar-refractivity contribution < 1.29 is 0 Å². The lowest BCUT2D eigenvalue weighted by Crippen LogP contribution is -2.46. The summed E-state index contributed by atoms with van der Waals surface area (Å²) < 4.78 is -0.937. The van der Waals surface area contributed by atoms with Gasteiger partial charge in [0.2, 0.25) is 0 Å². The Hall–Kier alpha value is 0.895. The van der Waals surface area contributed by atoms with Gasteiger partial charge in [-0.05, 0) is 19.8 Å². The molecule has 0 saturated carbocycles. The first-order chi connectivity index (χ1) is 5.96. The van der Waals surface area contributed by atoms with E-state index >= 15 is 0 Å². The second-order valence-corrected chi connectivity index (χ2v) is 5.19. The highest BCUT2D eigenvalue weighted by atomic mass is 35.5. The van der Waals surface area contributed by atoms with E-state index in [9.17, 15) is 0 Å². The first-order valence-electron chi connectivity index (χ1n) is 4.73. The molecule has 1 unspecified atom stereocenters. The summed E-state index contributed by atoms with van der Waals surface area (Å²) in [5.74, 6) is 0. The van der Waals surface area contributed by atoms with Gasteiger partial charge < -0.3 is 0 Å². The van der Waals surface area contributed by atoms with Gasteiger partial charge in [-0.3, -0.25) is 4.90 Å². The topological polar surface area (TPSA) is 3.24 Å². The van der Waals surface area contributed by atoms with Gasteiger partial charge in [-0.1, -0.05) is 37.0 Å². The van der Waals surface area contributed by atoms with E-state index in [0.29, 0.717) is 0 Å². The zero-order valence-corrected chi connectivity index (χ0v) is 11.3. The largest absolute Gasteiger partial charge is 0.271 e. The van der Waals surface area contributed by atoms with Gasteiger partial charge in [0.05, 0.1) is 5.38 Å². The molecule has 5 heteroatoms. The maximum atomic E-state index is 6.15. The van der Waals surface area contributed by atoms with E-state index in [1.54, 1.807) is 0 Å². The normalized spacial score (nSPS) is 13.9. The Labute approximate surface area is 105 Å². The second-order valence-electron chi connectivity index (χ2n) is 3.19. The quantitative estimate of drug-likeness (QED) is 0.400. The Morgan fingerprint density at radius 3 is 1.71 bits per heavy atom. The van der Waals surface area contributed by atoms with Crippen LogP contribution in [0.3, 0.4) is 0 Å². The van der Waals surface area contributed by atoms with E-state index in [1.807, 2.05) is 11.8 Å². The van der Waals surface area contributed by atoms with Crippen molar-refractivity contribution in [2.45, 2.75) is 43.4 Å². The minimum atomic E-state index is -0.937. The lowest BCUT2D eigenvalue weighted by atomic mass is 10.3. The molecule has 1 nitrogen and oxygen atoms in total. The van der Waals surface area contributed by atoms with Crippen LogP contribution >= 0.6 is 34.8 Å². The Kier molecular flexibility index (Phi) is 10.00. The molecule has 0 heterocycles. The van der Waals surface area contributed by atoms with Crippen molar-refractivity contribution in [2.24, 2.45) is 0 Å². The van der Waals surface area contributed by atoms with E-state index in [2.05, 4.69) is 13.8 Å². The number of hydrogen-bond donors (Lipinski definition) is 0. The first kappa shape index (κ1) is 17.3. The fourth-order valence-corrected chi connectivity index (χ4v) is 1.68. The highest BCUT2D eigenvalue weighted by Crippen LogP contribution is 2.33. The van der Waals surface area contributed by atoms with Crippen molar-refractivity contribution in [2.75, 3.05) is 13.1 Å². The molecule has 0 aromatic rings. The smallest absolute Gasteiger partial charge is 0.187 e. The standard InChI is InChI=1S/C9H18Cl3N.B/c1-4-6-13(7-5-2)9(11,12)8(3)10;/h8H,4-7H2,1-3H3;. The van der Waals surface area contributed by atoms with E-state index in [-0.39, 0.29) is 13.8 Å². The van der Waals surface area contributed by atoms with E-state index in [0.717, 1.165) is 25.9 Å². The van der Waals surface area contributed by atoms with Crippen LogP contribution in [0.25, 0.3) is 0 Å². The molecular formula is C9H18BCl3N. The number of nitrogens with zero attached hydrogens (tertiary/aromatic N) is 1. The summed E-state index contributed by atoms with van der Waals surface area (Å²) in [4.78, 5) is 2.02. The van der Waals surface area contributed by atoms with Crippen LogP contribution in [0.2, 0.25) is 0 Å². The summed E-state index contributed by atoms with van der Waals surface area (Å²) in [7, 11) is 0. The van der Waals surface area contributed by atoms with Crippen LogP contribution in [0.5, 0.6) is 0 Å². The van der Waals surface area contributed by atoms with Gasteiger partial charge in [0.25, 0.3) is 0 Å². The Balaban J connectivity index is 0. The van der Waals surface area contributed by atoms with Crippen molar-refractivity contribution in [3.63, 3.8) is 0 Å². The molecule has 3 radical (unpaired) electrons. The predicted octanol–water partition coefficient (Wildman–Crippen LogP) is 3.49. The molecule has 0 aromatic carbocycles. The third kappa shape index (κ3) is 5.11. The van der Waals surface area contributed by atoms with Gasteiger partial charge in [0.1, 0.15) is 0 Å². The molecule has 0 rings (SSSR count). The van der Waals surface area contributed by atoms with Crippen LogP contribution in [0.1, 0.15) is 33.6 Å². The van der Waals surface area contributed by atoms with Crippen LogP contribution in [0.4, 0.5) is 0 Å². The molecular weight excluding hydrogens is 239 g/mol. The number of rotatable bonds is 6. The highest BCUT2D eigenvalue weighted by molar-refractivity contribution is 6.51. The summed E-state index contributed by atoms with van der Waals surface area (Å²) in [6.07, 6.45) is 2.07. The van der Waals surface area contributed by atoms with Gasteiger partial charge in [-0.25, -0.2) is 0 Å². The zero-order valence-electron chi connectivity index (χ0n) is 9.06. The van der Waals surface area contributed by atoms with Crippen LogP contribution in [0.15, 0.2) is 0 Å². The van der Waals surface area contributed by atoms with Gasteiger partial charge in [0.15, 0.2) is 4.46 Å². The fraction of sp³-hybridized carbons (Fsp3) is 1.00. The van der Waals surface area contributed by atoms with Gasteiger partial charge in [-0.2, -0.15) is 0 Å². The second kappa shape index (κ2) is 8.09. The van der Waals surface area contributed by atoms with Crippen LogP contribution < -0.4 is 0 Å². The lowest BCUT2D eigenvalue weighted by molar-refractivity contribution is 0.221. The Bertz CT molecular complexity index is 136. The molecule has 0 aliphatic carbocycles. The Morgan fingerprint density at radius 2 is 1.50 bits per heavy atom. The van der Waals surface area contributed by atoms with E-state index in [1.165, 1.54) is 0 Å². The maximum absolute atomic E-state index is 6.15. The zero-order chi connectivity index (χ0) is 10.5. The minimum Gasteiger partial charge on any atom is -0.271 e. The molecule has 0 bridgehead atoms. The molecule has 0 N–H and O–H groups in total. The Morgan fingerprint density at radius 1 is 1.14 bits per heavy atom. The summed E-state index contributed by atoms with van der Waals surface area (Å²) in [6.45, 7) is 7.80. The van der Waals surface area contributed by atoms with Crippen molar-refractivity contribution >= 4 is 43.2 Å². The summed E-state index contributed by atoms with van der Waals surface area (Å²) in [5, 5.41) is -0.270. The van der Waals surface area contributed by atoms with E-state index in [4.69, 9.17) is 34.8 Å². The molecule has 83 valence electrons. The highest BCUT2D eigenvalue weighted by Gasteiger charge is 2.36. The van der Waals surface area contributed by atoms with Crippen molar-refractivity contribution in [1.29, 1.82) is 0 Å². The number of alkyl halides is 3. The fourth-order valence-electron chi connectivity index (χ4n) is 1.20. The van der Waals surface area contributed by atoms with Crippen LogP contribution in [-0.2, 0) is 0 Å². The minimum absolute atomic E-state index is 0. The monoisotopic (exact) mass is 256 g/mol. The molecule has 0 spiro atoms. The molecule has 0 aliphatic heterocycles. The molecule has 0 amide bonds. The van der Waals surface area contributed by atoms with Crippen LogP contribution in [0, 0.1) is 0 Å². The predicted molar refractivity (Wildman–Crippen MR) is 67.7 cm³/mol. The molecule has 0 aliphatic rings. The van der Waals surface area contributed by atoms with Crippen molar-refractivity contribution in [1.82, 2.24) is 4.90 Å². The summed E-state index contributed by atoms with van der Waals surface area (Å²) in [6, 6.07) is 0. The molecule has 0 fully saturated rings. The molecule has 1 atom stereocenters. The SMILES string of the molecule is CCCN(CCC)C(Cl)(Cl)C(C)Cl.[B]. The van der Waals surface area contributed by atoms with Crippen molar-refractivity contribution in [3.8, 4) is 0 Å². The lowest BCUT2D eigenvalue weighted by Gasteiger charge is -2.35. The van der Waals surface area contributed by atoms with Gasteiger partial charge in [0, 0.05) is 21.5 Å². The summed E-state index contributed by atoms with van der Waals surface area (Å²) in [5.41, 5.74) is 0. The molecule has 0 saturated heterocycles. The average molecular weight is 257 g/mol. The third-order valence-electron chi connectivity index (χ3n) is 1.89. The number of halogens is 3. The molecule has 0 aromatic heterocycles. The molecule has 14 heavy (non-hydrogen) atoms. The average Bonchev–Trinajstić information content (AvgIpc) is 2.03. The first-order valence-corrected chi connectivity index (χ1v) is 5.92. The third-order valence-corrected chi connectivity index (χ3v) is 3.56. The van der Waals surface area contributed by atoms with Crippen molar-refractivity contribution in [3.05, 3.63) is 0 Å². The number of hydrogen-bond acceptors (Lipinski definition) is 1. The van der Waals surface area contributed by atoms with Crippen LogP contribution in [-0.4, -0.2) is 36.2 Å².